The second kappa shape index (κ2) is 7.40. The third kappa shape index (κ3) is 3.71. The van der Waals surface area contributed by atoms with E-state index in [4.69, 9.17) is 9.26 Å². The number of nitrogens with one attached hydrogen (secondary N) is 1. The number of carbonyl (C=O) groups excluding carboxylic acids is 2. The summed E-state index contributed by atoms with van der Waals surface area (Å²) < 4.78 is 11.3. The van der Waals surface area contributed by atoms with Crippen molar-refractivity contribution in [1.29, 1.82) is 0 Å². The zero-order chi connectivity index (χ0) is 19.6. The SMILES string of the molecule is CC[C@@H](OC(=O)c1nn(C)c(=O)c2ccccc12)C(=O)Nc1cc(C)on1. The summed E-state index contributed by atoms with van der Waals surface area (Å²) in [6.45, 7) is 3.40. The van der Waals surface area contributed by atoms with Gasteiger partial charge in [0.1, 0.15) is 5.76 Å². The molecule has 0 radical (unpaired) electrons. The largest absolute Gasteiger partial charge is 0.447 e. The Morgan fingerprint density at radius 2 is 2.00 bits per heavy atom. The van der Waals surface area contributed by atoms with Crippen LogP contribution >= 0.6 is 0 Å². The van der Waals surface area contributed by atoms with E-state index in [-0.39, 0.29) is 23.5 Å². The average Bonchev–Trinajstić information content (AvgIpc) is 3.07. The highest BCUT2D eigenvalue weighted by atomic mass is 16.5. The Balaban J connectivity index is 1.85. The molecule has 3 rings (SSSR count). The van der Waals surface area contributed by atoms with Crippen LogP contribution in [0.2, 0.25) is 0 Å². The van der Waals surface area contributed by atoms with Crippen LogP contribution < -0.4 is 10.9 Å². The number of anilines is 1. The molecule has 1 N–H and O–H groups in total. The Hall–Kier alpha value is -3.49. The number of aryl methyl sites for hydroxylation is 2. The quantitative estimate of drug-likeness (QED) is 0.681. The van der Waals surface area contributed by atoms with Crippen LogP contribution in [0.1, 0.15) is 29.6 Å². The first-order chi connectivity index (χ1) is 12.9. The molecule has 1 atom stereocenters. The van der Waals surface area contributed by atoms with Crippen LogP contribution in [0, 0.1) is 6.92 Å². The van der Waals surface area contributed by atoms with Crippen molar-refractivity contribution in [2.45, 2.75) is 26.4 Å². The molecule has 3 aromatic rings. The van der Waals surface area contributed by atoms with Gasteiger partial charge in [-0.25, -0.2) is 9.48 Å². The molecule has 140 valence electrons. The van der Waals surface area contributed by atoms with Gasteiger partial charge in [-0.2, -0.15) is 5.10 Å². The lowest BCUT2D eigenvalue weighted by molar-refractivity contribution is -0.124. The fourth-order valence-electron chi connectivity index (χ4n) is 2.59. The van der Waals surface area contributed by atoms with E-state index in [0.717, 1.165) is 4.68 Å². The van der Waals surface area contributed by atoms with E-state index in [0.29, 0.717) is 16.5 Å². The first kappa shape index (κ1) is 18.3. The number of amides is 1. The summed E-state index contributed by atoms with van der Waals surface area (Å²) in [5.74, 6) is -0.553. The second-order valence-electron chi connectivity index (χ2n) is 5.94. The summed E-state index contributed by atoms with van der Waals surface area (Å²) in [5.41, 5.74) is -0.357. The van der Waals surface area contributed by atoms with Gasteiger partial charge in [-0.3, -0.25) is 9.59 Å². The van der Waals surface area contributed by atoms with Gasteiger partial charge in [0, 0.05) is 18.5 Å². The van der Waals surface area contributed by atoms with E-state index >= 15 is 0 Å². The molecule has 0 aliphatic heterocycles. The molecule has 0 bridgehead atoms. The van der Waals surface area contributed by atoms with Gasteiger partial charge in [-0.05, 0) is 19.4 Å². The van der Waals surface area contributed by atoms with Gasteiger partial charge in [0.15, 0.2) is 17.6 Å². The Morgan fingerprint density at radius 3 is 2.63 bits per heavy atom. The lowest BCUT2D eigenvalue weighted by Crippen LogP contribution is -2.33. The maximum atomic E-state index is 12.6. The van der Waals surface area contributed by atoms with Gasteiger partial charge in [0.05, 0.1) is 5.39 Å². The molecule has 0 spiro atoms. The Labute approximate surface area is 153 Å². The zero-order valence-corrected chi connectivity index (χ0v) is 15.1. The van der Waals surface area contributed by atoms with E-state index in [9.17, 15) is 14.4 Å². The maximum Gasteiger partial charge on any atom is 0.360 e. The standard InChI is InChI=1S/C18H18N4O5/c1-4-13(16(23)19-14-9-10(2)27-21-14)26-18(25)15-11-7-5-6-8-12(11)17(24)22(3)20-15/h5-9,13H,4H2,1-3H3,(H,19,21,23)/t13-/m1/s1. The van der Waals surface area contributed by atoms with Crippen molar-refractivity contribution in [2.75, 3.05) is 5.32 Å². The van der Waals surface area contributed by atoms with Crippen LogP contribution in [-0.2, 0) is 16.6 Å². The number of fused-ring (bicyclic) bond motifs is 1. The fraction of sp³-hybridized carbons (Fsp3) is 0.278. The van der Waals surface area contributed by atoms with Crippen LogP contribution in [-0.4, -0.2) is 32.9 Å². The number of carbonyl (C=O) groups is 2. The molecule has 0 fully saturated rings. The van der Waals surface area contributed by atoms with Gasteiger partial charge >= 0.3 is 5.97 Å². The molecule has 27 heavy (non-hydrogen) atoms. The molecular formula is C18H18N4O5. The van der Waals surface area contributed by atoms with Gasteiger partial charge in [-0.15, -0.1) is 0 Å². The lowest BCUT2D eigenvalue weighted by atomic mass is 10.1. The van der Waals surface area contributed by atoms with Gasteiger partial charge in [-0.1, -0.05) is 30.3 Å². The van der Waals surface area contributed by atoms with E-state index in [2.05, 4.69) is 15.6 Å². The highest BCUT2D eigenvalue weighted by Crippen LogP contribution is 2.16. The number of rotatable bonds is 5. The third-order valence-electron chi connectivity index (χ3n) is 3.94. The summed E-state index contributed by atoms with van der Waals surface area (Å²) in [4.78, 5) is 37.2. The molecular weight excluding hydrogens is 352 g/mol. The minimum Gasteiger partial charge on any atom is -0.447 e. The van der Waals surface area contributed by atoms with Crippen LogP contribution in [0.25, 0.3) is 10.8 Å². The van der Waals surface area contributed by atoms with Crippen molar-refractivity contribution >= 4 is 28.5 Å². The van der Waals surface area contributed by atoms with Gasteiger partial charge in [0.25, 0.3) is 11.5 Å². The highest BCUT2D eigenvalue weighted by molar-refractivity contribution is 6.03. The van der Waals surface area contributed by atoms with Crippen LogP contribution in [0.4, 0.5) is 5.82 Å². The molecule has 1 amide bonds. The monoisotopic (exact) mass is 370 g/mol. The highest BCUT2D eigenvalue weighted by Gasteiger charge is 2.25. The Bertz CT molecular complexity index is 1070. The molecule has 0 aliphatic rings. The predicted octanol–water partition coefficient (Wildman–Crippen LogP) is 1.80. The molecule has 0 unspecified atom stereocenters. The third-order valence-corrected chi connectivity index (χ3v) is 3.94. The average molecular weight is 370 g/mol. The van der Waals surface area contributed by atoms with Crippen LogP contribution in [0.3, 0.4) is 0 Å². The summed E-state index contributed by atoms with van der Waals surface area (Å²) >= 11 is 0. The van der Waals surface area contributed by atoms with Crippen LogP contribution in [0.15, 0.2) is 39.6 Å². The minimum atomic E-state index is -1.05. The zero-order valence-electron chi connectivity index (χ0n) is 15.1. The molecule has 0 saturated heterocycles. The van der Waals surface area contributed by atoms with E-state index in [1.165, 1.54) is 7.05 Å². The molecule has 2 aromatic heterocycles. The number of hydrogen-bond acceptors (Lipinski definition) is 7. The normalized spacial score (nSPS) is 12.0. The number of nitrogens with zero attached hydrogens (tertiary/aromatic N) is 3. The molecule has 2 heterocycles. The topological polar surface area (TPSA) is 116 Å². The van der Waals surface area contributed by atoms with Crippen molar-refractivity contribution in [1.82, 2.24) is 14.9 Å². The number of hydrogen-bond donors (Lipinski definition) is 1. The number of aromatic nitrogens is 3. The van der Waals surface area contributed by atoms with Gasteiger partial charge < -0.3 is 14.6 Å². The summed E-state index contributed by atoms with van der Waals surface area (Å²) in [6.07, 6.45) is -0.801. The Kier molecular flexibility index (Phi) is 5.02. The minimum absolute atomic E-state index is 0.0313. The van der Waals surface area contributed by atoms with E-state index in [1.54, 1.807) is 44.2 Å². The second-order valence-corrected chi connectivity index (χ2v) is 5.94. The Morgan fingerprint density at radius 1 is 1.30 bits per heavy atom. The molecule has 1 aromatic carbocycles. The maximum absolute atomic E-state index is 12.6. The summed E-state index contributed by atoms with van der Waals surface area (Å²) in [6, 6.07) is 8.15. The number of ether oxygens (including phenoxy) is 1. The fourth-order valence-corrected chi connectivity index (χ4v) is 2.59. The van der Waals surface area contributed by atoms with E-state index < -0.39 is 18.0 Å². The number of benzene rings is 1. The first-order valence-electron chi connectivity index (χ1n) is 8.32. The van der Waals surface area contributed by atoms with Crippen molar-refractivity contribution < 1.29 is 18.8 Å². The smallest absolute Gasteiger partial charge is 0.360 e. The summed E-state index contributed by atoms with van der Waals surface area (Å²) in [7, 11) is 1.45. The predicted molar refractivity (Wildman–Crippen MR) is 96.3 cm³/mol. The first-order valence-corrected chi connectivity index (χ1v) is 8.32. The van der Waals surface area contributed by atoms with Crippen molar-refractivity contribution in [2.24, 2.45) is 7.05 Å². The van der Waals surface area contributed by atoms with Crippen molar-refractivity contribution in [3.8, 4) is 0 Å². The molecule has 0 aliphatic carbocycles. The summed E-state index contributed by atoms with van der Waals surface area (Å²) in [5, 5.41) is 10.9. The lowest BCUT2D eigenvalue weighted by Gasteiger charge is -2.15. The van der Waals surface area contributed by atoms with E-state index in [1.807, 2.05) is 0 Å². The molecule has 9 nitrogen and oxygen atoms in total. The van der Waals surface area contributed by atoms with Crippen molar-refractivity contribution in [3.63, 3.8) is 0 Å². The number of esters is 1. The molecule has 0 saturated carbocycles. The van der Waals surface area contributed by atoms with Gasteiger partial charge in [0.2, 0.25) is 0 Å². The van der Waals surface area contributed by atoms with Crippen LogP contribution in [0.5, 0.6) is 0 Å². The molecule has 9 heteroatoms. The van der Waals surface area contributed by atoms with Crippen molar-refractivity contribution in [3.05, 3.63) is 52.1 Å².